The van der Waals surface area contributed by atoms with E-state index in [0.29, 0.717) is 30.8 Å². The van der Waals surface area contributed by atoms with Crippen LogP contribution in [0.4, 0.5) is 0 Å². The maximum absolute atomic E-state index is 11.8. The van der Waals surface area contributed by atoms with Crippen molar-refractivity contribution in [1.29, 1.82) is 0 Å². The van der Waals surface area contributed by atoms with Gasteiger partial charge in [0.2, 0.25) is 0 Å². The van der Waals surface area contributed by atoms with Gasteiger partial charge >= 0.3 is 0 Å². The van der Waals surface area contributed by atoms with Crippen LogP contribution in [-0.4, -0.2) is 23.2 Å². The Bertz CT molecular complexity index is 735. The van der Waals surface area contributed by atoms with Gasteiger partial charge in [-0.25, -0.2) is 13.4 Å². The summed E-state index contributed by atoms with van der Waals surface area (Å²) < 4.78 is 25.4. The number of rotatable bonds is 6. The zero-order chi connectivity index (χ0) is 15.6. The highest BCUT2D eigenvalue weighted by molar-refractivity contribution is 8.13. The molecule has 116 valence electrons. The molecular formula is C13H18ClN3O2S2. The van der Waals surface area contributed by atoms with Crippen LogP contribution >= 0.6 is 22.0 Å². The predicted molar refractivity (Wildman–Crippen MR) is 84.6 cm³/mol. The lowest BCUT2D eigenvalue weighted by atomic mass is 10.2. The number of aromatic nitrogens is 3. The van der Waals surface area contributed by atoms with Crippen LogP contribution in [-0.2, 0) is 34.9 Å². The van der Waals surface area contributed by atoms with Gasteiger partial charge in [0.05, 0.1) is 22.6 Å². The molecule has 0 fully saturated rings. The average molecular weight is 348 g/mol. The minimum absolute atomic E-state index is 0.190. The molecular weight excluding hydrogens is 330 g/mol. The monoisotopic (exact) mass is 347 g/mol. The van der Waals surface area contributed by atoms with Crippen LogP contribution in [0.1, 0.15) is 35.8 Å². The van der Waals surface area contributed by atoms with Crippen molar-refractivity contribution in [3.8, 4) is 0 Å². The third-order valence-corrected chi connectivity index (χ3v) is 5.80. The van der Waals surface area contributed by atoms with Crippen LogP contribution in [0.3, 0.4) is 0 Å². The van der Waals surface area contributed by atoms with Crippen molar-refractivity contribution in [2.75, 3.05) is 0 Å². The molecule has 2 aromatic heterocycles. The van der Waals surface area contributed by atoms with E-state index in [1.54, 1.807) is 16.0 Å². The molecule has 0 saturated heterocycles. The highest BCUT2D eigenvalue weighted by Crippen LogP contribution is 2.26. The maximum Gasteiger partial charge on any atom is 0.264 e. The van der Waals surface area contributed by atoms with E-state index < -0.39 is 9.05 Å². The highest BCUT2D eigenvalue weighted by Gasteiger charge is 2.25. The molecule has 0 aromatic carbocycles. The first-order valence-electron chi connectivity index (χ1n) is 6.80. The fourth-order valence-electron chi connectivity index (χ4n) is 2.35. The molecule has 0 atom stereocenters. The van der Waals surface area contributed by atoms with Gasteiger partial charge in [-0.2, -0.15) is 5.10 Å². The smallest absolute Gasteiger partial charge is 0.264 e. The van der Waals surface area contributed by atoms with Crippen molar-refractivity contribution in [2.45, 2.75) is 51.5 Å². The highest BCUT2D eigenvalue weighted by atomic mass is 35.7. The number of hydrogen-bond donors (Lipinski definition) is 0. The molecule has 2 rings (SSSR count). The SMILES string of the molecule is CCc1nn(CCc2scnc2C)c(CC)c1S(=O)(=O)Cl. The van der Waals surface area contributed by atoms with Crippen LogP contribution in [0.5, 0.6) is 0 Å². The normalized spacial score (nSPS) is 12.0. The summed E-state index contributed by atoms with van der Waals surface area (Å²) in [6.45, 7) is 6.40. The van der Waals surface area contributed by atoms with Crippen LogP contribution in [0.15, 0.2) is 10.4 Å². The van der Waals surface area contributed by atoms with Crippen LogP contribution in [0.25, 0.3) is 0 Å². The fourth-order valence-corrected chi connectivity index (χ4v) is 4.65. The largest absolute Gasteiger partial charge is 0.268 e. The topological polar surface area (TPSA) is 64.8 Å². The van der Waals surface area contributed by atoms with Gasteiger partial charge in [0.1, 0.15) is 4.90 Å². The molecule has 0 aliphatic heterocycles. The molecule has 0 radical (unpaired) electrons. The summed E-state index contributed by atoms with van der Waals surface area (Å²) in [5.74, 6) is 0. The lowest BCUT2D eigenvalue weighted by molar-refractivity contribution is 0.579. The fraction of sp³-hybridized carbons (Fsp3) is 0.538. The molecule has 0 spiro atoms. The molecule has 0 aliphatic carbocycles. The first-order valence-corrected chi connectivity index (χ1v) is 9.99. The average Bonchev–Trinajstić information content (AvgIpc) is 2.98. The van der Waals surface area contributed by atoms with Gasteiger partial charge in [-0.3, -0.25) is 4.68 Å². The Morgan fingerprint density at radius 3 is 2.52 bits per heavy atom. The molecule has 0 saturated carbocycles. The van der Waals surface area contributed by atoms with Crippen molar-refractivity contribution in [2.24, 2.45) is 0 Å². The van der Waals surface area contributed by atoms with Crippen molar-refractivity contribution >= 4 is 31.1 Å². The first-order chi connectivity index (χ1) is 9.88. The molecule has 8 heteroatoms. The second-order valence-electron chi connectivity index (χ2n) is 4.70. The van der Waals surface area contributed by atoms with E-state index in [0.717, 1.165) is 12.1 Å². The minimum Gasteiger partial charge on any atom is -0.268 e. The lowest BCUT2D eigenvalue weighted by Gasteiger charge is -2.06. The molecule has 0 unspecified atom stereocenters. The Kier molecular flexibility index (Phi) is 5.06. The van der Waals surface area contributed by atoms with Gasteiger partial charge in [-0.05, 0) is 19.8 Å². The third kappa shape index (κ3) is 3.46. The second-order valence-corrected chi connectivity index (χ2v) is 8.14. The first kappa shape index (κ1) is 16.5. The van der Waals surface area contributed by atoms with Crippen molar-refractivity contribution < 1.29 is 8.42 Å². The van der Waals surface area contributed by atoms with Crippen molar-refractivity contribution in [3.63, 3.8) is 0 Å². The van der Waals surface area contributed by atoms with Gasteiger partial charge in [-0.1, -0.05) is 13.8 Å². The maximum atomic E-state index is 11.8. The summed E-state index contributed by atoms with van der Waals surface area (Å²) in [6, 6.07) is 0. The zero-order valence-electron chi connectivity index (χ0n) is 12.3. The molecule has 0 N–H and O–H groups in total. The summed E-state index contributed by atoms with van der Waals surface area (Å²) >= 11 is 1.61. The van der Waals surface area contributed by atoms with Gasteiger partial charge in [0.15, 0.2) is 0 Å². The Morgan fingerprint density at radius 1 is 1.33 bits per heavy atom. The van der Waals surface area contributed by atoms with Crippen LogP contribution in [0.2, 0.25) is 0 Å². The number of hydrogen-bond acceptors (Lipinski definition) is 5. The standard InChI is InChI=1S/C13H18ClN3O2S2/c1-4-10-13(21(14,18)19)11(5-2)17(16-10)7-6-12-9(3)15-8-20-12/h8H,4-7H2,1-3H3. The Balaban J connectivity index is 2.36. The minimum atomic E-state index is -3.77. The summed E-state index contributed by atoms with van der Waals surface area (Å²) in [5.41, 5.74) is 4.07. The van der Waals surface area contributed by atoms with Crippen molar-refractivity contribution in [3.05, 3.63) is 27.5 Å². The number of aryl methyl sites for hydroxylation is 4. The van der Waals surface area contributed by atoms with Crippen molar-refractivity contribution in [1.82, 2.24) is 14.8 Å². The molecule has 2 aromatic rings. The summed E-state index contributed by atoms with van der Waals surface area (Å²) in [7, 11) is 1.81. The van der Waals surface area contributed by atoms with E-state index in [4.69, 9.17) is 10.7 Å². The molecule has 2 heterocycles. The molecule has 0 bridgehead atoms. The van der Waals surface area contributed by atoms with Gasteiger partial charge < -0.3 is 0 Å². The van der Waals surface area contributed by atoms with E-state index in [1.165, 1.54) is 4.88 Å². The summed E-state index contributed by atoms with van der Waals surface area (Å²) in [5, 5.41) is 4.43. The quantitative estimate of drug-likeness (QED) is 0.753. The molecule has 0 aliphatic rings. The van der Waals surface area contributed by atoms with Gasteiger partial charge in [0.25, 0.3) is 9.05 Å². The number of thiazole rings is 1. The Hall–Kier alpha value is -0.920. The van der Waals surface area contributed by atoms with Gasteiger partial charge in [-0.15, -0.1) is 11.3 Å². The van der Waals surface area contributed by atoms with Crippen LogP contribution < -0.4 is 0 Å². The van der Waals surface area contributed by atoms with E-state index in [-0.39, 0.29) is 4.90 Å². The van der Waals surface area contributed by atoms with E-state index >= 15 is 0 Å². The van der Waals surface area contributed by atoms with Crippen LogP contribution in [0, 0.1) is 6.92 Å². The molecule has 21 heavy (non-hydrogen) atoms. The second kappa shape index (κ2) is 6.46. The van der Waals surface area contributed by atoms with E-state index in [1.807, 2.05) is 26.3 Å². The number of nitrogens with zero attached hydrogens (tertiary/aromatic N) is 3. The summed E-state index contributed by atoms with van der Waals surface area (Å²) in [4.78, 5) is 5.61. The van der Waals surface area contributed by atoms with Gasteiger partial charge in [0, 0.05) is 28.5 Å². The third-order valence-electron chi connectivity index (χ3n) is 3.39. The Labute approximate surface area is 133 Å². The number of halogens is 1. The molecule has 5 nitrogen and oxygen atoms in total. The molecule has 0 amide bonds. The Morgan fingerprint density at radius 2 is 2.05 bits per heavy atom. The van der Waals surface area contributed by atoms with E-state index in [2.05, 4.69) is 10.1 Å². The summed E-state index contributed by atoms with van der Waals surface area (Å²) in [6.07, 6.45) is 1.91. The van der Waals surface area contributed by atoms with E-state index in [9.17, 15) is 8.42 Å². The lowest BCUT2D eigenvalue weighted by Crippen LogP contribution is -2.08. The predicted octanol–water partition coefficient (Wildman–Crippen LogP) is 2.94. The zero-order valence-corrected chi connectivity index (χ0v) is 14.6.